The van der Waals surface area contributed by atoms with Gasteiger partial charge in [-0.3, -0.25) is 10.1 Å². The van der Waals surface area contributed by atoms with Crippen molar-refractivity contribution in [2.24, 2.45) is 5.14 Å². The molecule has 0 amide bonds. The van der Waals surface area contributed by atoms with Crippen LogP contribution in [0.4, 0.5) is 5.69 Å². The molecular weight excluding hydrogens is 234 g/mol. The molecule has 0 heterocycles. The minimum atomic E-state index is -4.23. The number of benzene rings is 1. The second kappa shape index (κ2) is 3.88. The predicted molar refractivity (Wildman–Crippen MR) is 53.9 cm³/mol. The van der Waals surface area contributed by atoms with Crippen LogP contribution in [0, 0.1) is 28.4 Å². The Morgan fingerprint density at radius 2 is 2.06 bits per heavy atom. The smallest absolute Gasteiger partial charge is 0.258 e. The van der Waals surface area contributed by atoms with E-state index in [2.05, 4.69) is 0 Å². The topological polar surface area (TPSA) is 127 Å². The van der Waals surface area contributed by atoms with Gasteiger partial charge in [0.1, 0.15) is 0 Å². The maximum atomic E-state index is 11.1. The first-order valence-electron chi connectivity index (χ1n) is 3.99. The molecule has 1 aromatic rings. The van der Waals surface area contributed by atoms with Crippen molar-refractivity contribution >= 4 is 15.7 Å². The molecule has 84 valence electrons. The molecule has 0 spiro atoms. The fraction of sp³-hybridized carbons (Fsp3) is 0.125. The van der Waals surface area contributed by atoms with Crippen molar-refractivity contribution in [3.05, 3.63) is 33.4 Å². The largest absolute Gasteiger partial charge is 0.292 e. The summed E-state index contributed by atoms with van der Waals surface area (Å²) in [7, 11) is -4.23. The van der Waals surface area contributed by atoms with Crippen LogP contribution in [0.15, 0.2) is 17.0 Å². The zero-order chi connectivity index (χ0) is 12.5. The predicted octanol–water partition coefficient (Wildman–Crippen LogP) is 0.422. The van der Waals surface area contributed by atoms with Gasteiger partial charge in [-0.15, -0.1) is 0 Å². The van der Waals surface area contributed by atoms with Crippen LogP contribution in [0.3, 0.4) is 0 Å². The first-order valence-corrected chi connectivity index (χ1v) is 5.54. The van der Waals surface area contributed by atoms with Gasteiger partial charge in [-0.05, 0) is 19.1 Å². The third-order valence-electron chi connectivity index (χ3n) is 1.88. The highest BCUT2D eigenvalue weighted by Crippen LogP contribution is 2.27. The van der Waals surface area contributed by atoms with Crippen LogP contribution in [0.1, 0.15) is 11.1 Å². The van der Waals surface area contributed by atoms with Crippen molar-refractivity contribution < 1.29 is 13.3 Å². The number of nitro groups is 1. The molecule has 0 aliphatic heterocycles. The number of rotatable bonds is 2. The van der Waals surface area contributed by atoms with Crippen LogP contribution in [0.2, 0.25) is 0 Å². The van der Waals surface area contributed by atoms with Crippen molar-refractivity contribution in [2.45, 2.75) is 11.8 Å². The van der Waals surface area contributed by atoms with Crippen molar-refractivity contribution in [1.29, 1.82) is 5.26 Å². The van der Waals surface area contributed by atoms with E-state index in [1.807, 2.05) is 0 Å². The Bertz CT molecular complexity index is 600. The molecule has 0 aromatic heterocycles. The number of sulfonamides is 1. The molecule has 0 atom stereocenters. The van der Waals surface area contributed by atoms with Gasteiger partial charge in [0.25, 0.3) is 5.69 Å². The summed E-state index contributed by atoms with van der Waals surface area (Å²) in [6.45, 7) is 1.34. The number of hydrogen-bond acceptors (Lipinski definition) is 5. The van der Waals surface area contributed by atoms with Crippen LogP contribution < -0.4 is 5.14 Å². The van der Waals surface area contributed by atoms with Crippen molar-refractivity contribution in [1.82, 2.24) is 0 Å². The Hall–Kier alpha value is -1.98. The van der Waals surface area contributed by atoms with Gasteiger partial charge in [0.05, 0.1) is 16.6 Å². The van der Waals surface area contributed by atoms with E-state index in [1.165, 1.54) is 13.0 Å². The van der Waals surface area contributed by atoms with Crippen molar-refractivity contribution in [3.63, 3.8) is 0 Å². The van der Waals surface area contributed by atoms with Gasteiger partial charge < -0.3 is 0 Å². The van der Waals surface area contributed by atoms with Crippen LogP contribution in [-0.2, 0) is 10.0 Å². The molecule has 1 aromatic carbocycles. The lowest BCUT2D eigenvalue weighted by molar-refractivity contribution is -0.388. The molecule has 0 radical (unpaired) electrons. The number of nitriles is 1. The van der Waals surface area contributed by atoms with E-state index in [-0.39, 0.29) is 11.1 Å². The lowest BCUT2D eigenvalue weighted by Gasteiger charge is -2.03. The minimum Gasteiger partial charge on any atom is -0.258 e. The second-order valence-electron chi connectivity index (χ2n) is 3.05. The monoisotopic (exact) mass is 241 g/mol. The van der Waals surface area contributed by atoms with Gasteiger partial charge in [0, 0.05) is 5.56 Å². The number of hydrogen-bond donors (Lipinski definition) is 1. The Morgan fingerprint density at radius 3 is 2.44 bits per heavy atom. The molecular formula is C8H7N3O4S. The lowest BCUT2D eigenvalue weighted by atomic mass is 10.1. The van der Waals surface area contributed by atoms with Crippen LogP contribution >= 0.6 is 0 Å². The van der Waals surface area contributed by atoms with E-state index in [0.29, 0.717) is 0 Å². The molecule has 1 rings (SSSR count). The minimum absolute atomic E-state index is 0.00660. The van der Waals surface area contributed by atoms with Gasteiger partial charge in [0.15, 0.2) is 4.90 Å². The van der Waals surface area contributed by atoms with Gasteiger partial charge >= 0.3 is 0 Å². The Morgan fingerprint density at radius 1 is 1.50 bits per heavy atom. The molecule has 0 aliphatic carbocycles. The molecule has 16 heavy (non-hydrogen) atoms. The number of primary sulfonamides is 1. The Labute approximate surface area is 91.3 Å². The molecule has 0 saturated heterocycles. The van der Waals surface area contributed by atoms with E-state index in [1.54, 1.807) is 6.07 Å². The summed E-state index contributed by atoms with van der Waals surface area (Å²) < 4.78 is 22.3. The van der Waals surface area contributed by atoms with E-state index >= 15 is 0 Å². The Balaban J connectivity index is 3.76. The molecule has 0 fully saturated rings. The third kappa shape index (κ3) is 2.16. The summed E-state index contributed by atoms with van der Waals surface area (Å²) in [5, 5.41) is 24.2. The van der Waals surface area contributed by atoms with Crippen molar-refractivity contribution in [3.8, 4) is 6.07 Å². The van der Waals surface area contributed by atoms with E-state index < -0.39 is 25.5 Å². The molecule has 8 heteroatoms. The van der Waals surface area contributed by atoms with Crippen LogP contribution in [-0.4, -0.2) is 13.3 Å². The Kier molecular flexibility index (Phi) is 2.93. The van der Waals surface area contributed by atoms with Gasteiger partial charge in [0.2, 0.25) is 10.0 Å². The summed E-state index contributed by atoms with van der Waals surface area (Å²) >= 11 is 0. The summed E-state index contributed by atoms with van der Waals surface area (Å²) in [4.78, 5) is 9.21. The lowest BCUT2D eigenvalue weighted by Crippen LogP contribution is -2.15. The molecule has 0 unspecified atom stereocenters. The fourth-order valence-corrected chi connectivity index (χ4v) is 2.06. The third-order valence-corrected chi connectivity index (χ3v) is 2.81. The highest BCUT2D eigenvalue weighted by atomic mass is 32.2. The van der Waals surface area contributed by atoms with E-state index in [0.717, 1.165) is 6.07 Å². The molecule has 0 bridgehead atoms. The van der Waals surface area contributed by atoms with Crippen molar-refractivity contribution in [2.75, 3.05) is 0 Å². The summed E-state index contributed by atoms with van der Waals surface area (Å²) in [6.07, 6.45) is 0. The highest BCUT2D eigenvalue weighted by Gasteiger charge is 2.26. The van der Waals surface area contributed by atoms with Crippen LogP contribution in [0.5, 0.6) is 0 Å². The summed E-state index contributed by atoms with van der Waals surface area (Å²) in [5.74, 6) is 0. The van der Waals surface area contributed by atoms with Gasteiger partial charge in [-0.25, -0.2) is 13.6 Å². The van der Waals surface area contributed by atoms with Crippen LogP contribution in [0.25, 0.3) is 0 Å². The zero-order valence-corrected chi connectivity index (χ0v) is 8.98. The van der Waals surface area contributed by atoms with Gasteiger partial charge in [-0.1, -0.05) is 0 Å². The first kappa shape index (κ1) is 12.1. The number of nitro benzene ring substituents is 1. The quantitative estimate of drug-likeness (QED) is 0.592. The second-order valence-corrected chi connectivity index (χ2v) is 4.58. The molecule has 7 nitrogen and oxygen atoms in total. The van der Waals surface area contributed by atoms with Gasteiger partial charge in [-0.2, -0.15) is 5.26 Å². The highest BCUT2D eigenvalue weighted by molar-refractivity contribution is 7.89. The summed E-state index contributed by atoms with van der Waals surface area (Å²) in [5.41, 5.74) is -0.512. The normalized spacial score (nSPS) is 10.8. The molecule has 0 aliphatic rings. The average Bonchev–Trinajstić information content (AvgIpc) is 2.14. The number of nitrogens with two attached hydrogens (primary N) is 1. The number of nitrogens with zero attached hydrogens (tertiary/aromatic N) is 2. The molecule has 2 N–H and O–H groups in total. The zero-order valence-electron chi connectivity index (χ0n) is 8.17. The van der Waals surface area contributed by atoms with E-state index in [4.69, 9.17) is 10.4 Å². The first-order chi connectivity index (χ1) is 7.27. The maximum absolute atomic E-state index is 11.1. The number of aryl methyl sites for hydroxylation is 1. The molecule has 0 saturated carbocycles. The summed E-state index contributed by atoms with van der Waals surface area (Å²) in [6, 6.07) is 3.82. The average molecular weight is 241 g/mol. The SMILES string of the molecule is Cc1cc(C#N)cc(S(N)(=O)=O)c1[N+](=O)[O-]. The standard InChI is InChI=1S/C8H7N3O4S/c1-5-2-6(4-9)3-7(16(10,14)15)8(5)11(12)13/h2-3H,1H3,(H2,10,14,15). The van der Waals surface area contributed by atoms with E-state index in [9.17, 15) is 18.5 Å². The fourth-order valence-electron chi connectivity index (χ4n) is 1.26. The maximum Gasteiger partial charge on any atom is 0.292 e.